The van der Waals surface area contributed by atoms with Crippen molar-refractivity contribution in [1.29, 1.82) is 0 Å². The number of methoxy groups -OCH3 is 1. The predicted octanol–water partition coefficient (Wildman–Crippen LogP) is 3.15. The fourth-order valence-electron chi connectivity index (χ4n) is 2.22. The number of rotatable bonds is 5. The van der Waals surface area contributed by atoms with E-state index in [-0.39, 0.29) is 6.04 Å². The summed E-state index contributed by atoms with van der Waals surface area (Å²) in [6, 6.07) is 4.72. The molecule has 0 saturated heterocycles. The third-order valence-corrected chi connectivity index (χ3v) is 4.18. The van der Waals surface area contributed by atoms with Crippen molar-refractivity contribution in [3.8, 4) is 5.75 Å². The summed E-state index contributed by atoms with van der Waals surface area (Å²) in [7, 11) is 3.66. The van der Waals surface area contributed by atoms with Crippen molar-refractivity contribution >= 4 is 11.3 Å². The summed E-state index contributed by atoms with van der Waals surface area (Å²) in [5, 5.41) is 7.82. The fraction of sp³-hybridized carbons (Fsp3) is 0.500. The van der Waals surface area contributed by atoms with Crippen LogP contribution in [0.2, 0.25) is 0 Å². The molecule has 0 aliphatic rings. The van der Waals surface area contributed by atoms with Gasteiger partial charge in [0.05, 0.1) is 19.3 Å². The highest BCUT2D eigenvalue weighted by atomic mass is 32.1. The van der Waals surface area contributed by atoms with E-state index < -0.39 is 0 Å². The molecule has 2 rings (SSSR count). The van der Waals surface area contributed by atoms with Crippen LogP contribution in [-0.4, -0.2) is 23.9 Å². The molecule has 0 bridgehead atoms. The van der Waals surface area contributed by atoms with Crippen molar-refractivity contribution < 1.29 is 4.74 Å². The second-order valence-corrected chi connectivity index (χ2v) is 6.13. The van der Waals surface area contributed by atoms with Crippen LogP contribution in [0.25, 0.3) is 0 Å². The minimum absolute atomic E-state index is 0.110. The highest BCUT2D eigenvalue weighted by Gasteiger charge is 2.24. The lowest BCUT2D eigenvalue weighted by Gasteiger charge is -2.20. The Morgan fingerprint density at radius 2 is 2.11 bits per heavy atom. The highest BCUT2D eigenvalue weighted by molar-refractivity contribution is 7.12. The molecule has 19 heavy (non-hydrogen) atoms. The van der Waals surface area contributed by atoms with Crippen LogP contribution in [0.4, 0.5) is 0 Å². The van der Waals surface area contributed by atoms with Crippen LogP contribution in [-0.2, 0) is 0 Å². The monoisotopic (exact) mass is 279 g/mol. The molecule has 104 valence electrons. The number of aromatic nitrogens is 2. The topological polar surface area (TPSA) is 39.1 Å². The van der Waals surface area contributed by atoms with Crippen LogP contribution >= 0.6 is 11.3 Å². The summed E-state index contributed by atoms with van der Waals surface area (Å²) in [6.07, 6.45) is 1.79. The Hall–Kier alpha value is -1.33. The molecule has 1 atom stereocenters. The van der Waals surface area contributed by atoms with Gasteiger partial charge in [-0.15, -0.1) is 11.3 Å². The third-order valence-electron chi connectivity index (χ3n) is 3.12. The smallest absolute Gasteiger partial charge is 0.161 e. The molecule has 1 unspecified atom stereocenters. The Labute approximate surface area is 118 Å². The van der Waals surface area contributed by atoms with Crippen molar-refractivity contribution in [2.45, 2.75) is 32.9 Å². The van der Waals surface area contributed by atoms with E-state index in [1.807, 2.05) is 11.7 Å². The van der Waals surface area contributed by atoms with Gasteiger partial charge in [0, 0.05) is 15.8 Å². The first-order valence-electron chi connectivity index (χ1n) is 6.43. The number of aryl methyl sites for hydroxylation is 1. The van der Waals surface area contributed by atoms with E-state index in [1.54, 1.807) is 24.6 Å². The second-order valence-electron chi connectivity index (χ2n) is 4.81. The lowest BCUT2D eigenvalue weighted by Crippen LogP contribution is -2.22. The first kappa shape index (κ1) is 14.1. The average molecular weight is 279 g/mol. The molecule has 0 amide bonds. The third kappa shape index (κ3) is 2.67. The molecular weight excluding hydrogens is 258 g/mol. The molecular formula is C14H21N3OS. The van der Waals surface area contributed by atoms with Gasteiger partial charge in [-0.3, -0.25) is 4.68 Å². The molecule has 0 aliphatic heterocycles. The lowest BCUT2D eigenvalue weighted by molar-refractivity contribution is 0.397. The molecule has 0 aromatic carbocycles. The van der Waals surface area contributed by atoms with Gasteiger partial charge in [-0.25, -0.2) is 0 Å². The van der Waals surface area contributed by atoms with E-state index in [1.165, 1.54) is 9.75 Å². The van der Waals surface area contributed by atoms with Crippen molar-refractivity contribution in [2.24, 2.45) is 0 Å². The number of nitrogens with one attached hydrogen (secondary N) is 1. The zero-order chi connectivity index (χ0) is 14.0. The Balaban J connectivity index is 2.50. The first-order chi connectivity index (χ1) is 9.08. The highest BCUT2D eigenvalue weighted by Crippen LogP contribution is 2.34. The lowest BCUT2D eigenvalue weighted by atomic mass is 10.1. The molecule has 0 aliphatic carbocycles. The summed E-state index contributed by atoms with van der Waals surface area (Å²) in [6.45, 7) is 6.38. The maximum atomic E-state index is 5.47. The van der Waals surface area contributed by atoms with E-state index in [0.29, 0.717) is 6.04 Å². The zero-order valence-corrected chi connectivity index (χ0v) is 12.9. The molecule has 0 saturated carbocycles. The predicted molar refractivity (Wildman–Crippen MR) is 79.1 cm³/mol. The van der Waals surface area contributed by atoms with Gasteiger partial charge in [0.25, 0.3) is 0 Å². The van der Waals surface area contributed by atoms with E-state index in [2.05, 4.69) is 43.3 Å². The Morgan fingerprint density at radius 3 is 2.58 bits per heavy atom. The van der Waals surface area contributed by atoms with Crippen molar-refractivity contribution in [2.75, 3.05) is 14.2 Å². The molecule has 5 heteroatoms. The van der Waals surface area contributed by atoms with Crippen LogP contribution in [0.3, 0.4) is 0 Å². The molecule has 2 aromatic heterocycles. The molecule has 0 radical (unpaired) electrons. The van der Waals surface area contributed by atoms with E-state index in [9.17, 15) is 0 Å². The van der Waals surface area contributed by atoms with Crippen molar-refractivity contribution in [1.82, 2.24) is 15.1 Å². The average Bonchev–Trinajstić information content (AvgIpc) is 2.97. The number of hydrogen-bond acceptors (Lipinski definition) is 4. The zero-order valence-electron chi connectivity index (χ0n) is 12.1. The van der Waals surface area contributed by atoms with Gasteiger partial charge in [-0.1, -0.05) is 0 Å². The summed E-state index contributed by atoms with van der Waals surface area (Å²) in [5.41, 5.74) is 1.09. The van der Waals surface area contributed by atoms with Crippen LogP contribution < -0.4 is 10.1 Å². The van der Waals surface area contributed by atoms with Gasteiger partial charge in [0.15, 0.2) is 5.75 Å². The minimum Gasteiger partial charge on any atom is -0.493 e. The molecule has 2 aromatic rings. The van der Waals surface area contributed by atoms with E-state index in [0.717, 1.165) is 11.4 Å². The maximum Gasteiger partial charge on any atom is 0.161 e. The van der Waals surface area contributed by atoms with Crippen LogP contribution in [0, 0.1) is 6.92 Å². The largest absolute Gasteiger partial charge is 0.493 e. The fourth-order valence-corrected chi connectivity index (χ4v) is 3.21. The normalized spacial score (nSPS) is 12.9. The van der Waals surface area contributed by atoms with Crippen LogP contribution in [0.5, 0.6) is 5.75 Å². The Kier molecular flexibility index (Phi) is 4.27. The van der Waals surface area contributed by atoms with Crippen LogP contribution in [0.15, 0.2) is 18.3 Å². The number of thiophene rings is 1. The maximum absolute atomic E-state index is 5.47. The number of nitrogens with zero attached hydrogens (tertiary/aromatic N) is 2. The standard InChI is InChI=1S/C14H21N3OS/c1-9(2)17-14(11(18-5)8-16-17)13(15-4)12-7-6-10(3)19-12/h6-9,13,15H,1-5H3. The summed E-state index contributed by atoms with van der Waals surface area (Å²) in [5.74, 6) is 0.833. The first-order valence-corrected chi connectivity index (χ1v) is 7.25. The quantitative estimate of drug-likeness (QED) is 0.914. The SMILES string of the molecule is CNC(c1ccc(C)s1)c1c(OC)cnn1C(C)C. The van der Waals surface area contributed by atoms with Gasteiger partial charge in [0.2, 0.25) is 0 Å². The van der Waals surface area contributed by atoms with Crippen molar-refractivity contribution in [3.63, 3.8) is 0 Å². The van der Waals surface area contributed by atoms with Gasteiger partial charge < -0.3 is 10.1 Å². The summed E-state index contributed by atoms with van der Waals surface area (Å²) in [4.78, 5) is 2.59. The minimum atomic E-state index is 0.110. The number of ether oxygens (including phenoxy) is 1. The van der Waals surface area contributed by atoms with Gasteiger partial charge >= 0.3 is 0 Å². The van der Waals surface area contributed by atoms with Gasteiger partial charge in [-0.05, 0) is 40.0 Å². The summed E-state index contributed by atoms with van der Waals surface area (Å²) >= 11 is 1.80. The molecule has 0 spiro atoms. The van der Waals surface area contributed by atoms with Crippen LogP contribution in [0.1, 0.15) is 41.4 Å². The Bertz CT molecular complexity index is 545. The molecule has 4 nitrogen and oxygen atoms in total. The van der Waals surface area contributed by atoms with Crippen molar-refractivity contribution in [3.05, 3.63) is 33.8 Å². The second kappa shape index (κ2) is 5.75. The molecule has 0 fully saturated rings. The number of hydrogen-bond donors (Lipinski definition) is 1. The van der Waals surface area contributed by atoms with E-state index in [4.69, 9.17) is 4.74 Å². The summed E-state index contributed by atoms with van der Waals surface area (Å²) < 4.78 is 7.49. The van der Waals surface area contributed by atoms with Gasteiger partial charge in [-0.2, -0.15) is 5.10 Å². The Morgan fingerprint density at radius 1 is 1.37 bits per heavy atom. The van der Waals surface area contributed by atoms with E-state index >= 15 is 0 Å². The van der Waals surface area contributed by atoms with Gasteiger partial charge in [0.1, 0.15) is 5.69 Å². The molecule has 1 N–H and O–H groups in total. The molecule has 2 heterocycles.